The molecule has 1 fully saturated rings. The minimum absolute atomic E-state index is 0.263. The number of carbonyl (C=O) groups is 1. The zero-order valence-electron chi connectivity index (χ0n) is 11.1. The molecule has 0 atom stereocenters. The van der Waals surface area contributed by atoms with Gasteiger partial charge >= 0.3 is 0 Å². The first-order valence-corrected chi connectivity index (χ1v) is 7.23. The maximum Gasteiger partial charge on any atom is 0.222 e. The van der Waals surface area contributed by atoms with Crippen molar-refractivity contribution >= 4 is 17.5 Å². The monoisotopic (exact) mass is 281 g/mol. The van der Waals surface area contributed by atoms with Gasteiger partial charge in [0.2, 0.25) is 5.91 Å². The molecule has 104 valence electrons. The van der Waals surface area contributed by atoms with Gasteiger partial charge in [0.05, 0.1) is 13.2 Å². The summed E-state index contributed by atoms with van der Waals surface area (Å²) in [5.41, 5.74) is 1.28. The molecule has 0 aliphatic carbocycles. The normalized spacial score (nSPS) is 15.5. The molecule has 0 unspecified atom stereocenters. The van der Waals surface area contributed by atoms with Crippen LogP contribution in [0.3, 0.4) is 0 Å². The van der Waals surface area contributed by atoms with Crippen LogP contribution in [0.25, 0.3) is 0 Å². The van der Waals surface area contributed by atoms with Crippen molar-refractivity contribution in [3.8, 4) is 0 Å². The van der Waals surface area contributed by atoms with Gasteiger partial charge in [-0.2, -0.15) is 0 Å². The Hall–Kier alpha value is -1.06. The van der Waals surface area contributed by atoms with Crippen molar-refractivity contribution in [2.45, 2.75) is 25.7 Å². The third-order valence-corrected chi connectivity index (χ3v) is 3.64. The Kier molecular flexibility index (Phi) is 5.67. The number of rotatable bonds is 5. The molecule has 0 radical (unpaired) electrons. The molecule has 1 aromatic rings. The number of unbranched alkanes of at least 4 members (excludes halogenated alkanes) is 1. The van der Waals surface area contributed by atoms with E-state index in [0.29, 0.717) is 19.6 Å². The van der Waals surface area contributed by atoms with Gasteiger partial charge in [-0.1, -0.05) is 23.7 Å². The zero-order valence-corrected chi connectivity index (χ0v) is 11.9. The van der Waals surface area contributed by atoms with Crippen molar-refractivity contribution in [2.75, 3.05) is 26.3 Å². The van der Waals surface area contributed by atoms with Crippen LogP contribution in [0.15, 0.2) is 24.3 Å². The number of hydrogen-bond donors (Lipinski definition) is 0. The predicted molar refractivity (Wildman–Crippen MR) is 76.4 cm³/mol. The summed E-state index contributed by atoms with van der Waals surface area (Å²) in [6.07, 6.45) is 3.64. The van der Waals surface area contributed by atoms with Gasteiger partial charge < -0.3 is 9.64 Å². The van der Waals surface area contributed by atoms with Crippen LogP contribution < -0.4 is 0 Å². The van der Waals surface area contributed by atoms with E-state index in [4.69, 9.17) is 16.3 Å². The molecule has 2 rings (SSSR count). The Balaban J connectivity index is 1.63. The van der Waals surface area contributed by atoms with Crippen molar-refractivity contribution in [3.05, 3.63) is 34.9 Å². The number of morpholine rings is 1. The number of amides is 1. The fraction of sp³-hybridized carbons (Fsp3) is 0.533. The van der Waals surface area contributed by atoms with E-state index < -0.39 is 0 Å². The number of carbonyl (C=O) groups excluding carboxylic acids is 1. The highest BCUT2D eigenvalue weighted by molar-refractivity contribution is 6.30. The lowest BCUT2D eigenvalue weighted by molar-refractivity contribution is -0.135. The first-order chi connectivity index (χ1) is 9.25. The lowest BCUT2D eigenvalue weighted by atomic mass is 10.1. The molecule has 1 aromatic carbocycles. The van der Waals surface area contributed by atoms with Crippen LogP contribution in [0.2, 0.25) is 5.02 Å². The average molecular weight is 282 g/mol. The van der Waals surface area contributed by atoms with Gasteiger partial charge in [0.15, 0.2) is 0 Å². The molecule has 3 nitrogen and oxygen atoms in total. The van der Waals surface area contributed by atoms with Crippen LogP contribution in [0.4, 0.5) is 0 Å². The molecule has 1 aliphatic rings. The molecule has 1 amide bonds. The van der Waals surface area contributed by atoms with E-state index in [9.17, 15) is 4.79 Å². The Labute approximate surface area is 119 Å². The third kappa shape index (κ3) is 4.84. The Morgan fingerprint density at radius 1 is 1.16 bits per heavy atom. The van der Waals surface area contributed by atoms with E-state index in [1.54, 1.807) is 0 Å². The summed E-state index contributed by atoms with van der Waals surface area (Å²) in [7, 11) is 0. The van der Waals surface area contributed by atoms with E-state index in [1.807, 2.05) is 29.2 Å². The quantitative estimate of drug-likeness (QED) is 0.777. The molecule has 1 heterocycles. The highest BCUT2D eigenvalue weighted by Gasteiger charge is 2.15. The van der Waals surface area contributed by atoms with Crippen molar-refractivity contribution in [2.24, 2.45) is 0 Å². The van der Waals surface area contributed by atoms with Gasteiger partial charge in [-0.3, -0.25) is 4.79 Å². The van der Waals surface area contributed by atoms with Crippen molar-refractivity contribution in [1.29, 1.82) is 0 Å². The Morgan fingerprint density at radius 3 is 2.53 bits per heavy atom. The number of aryl methyl sites for hydroxylation is 1. The molecule has 0 saturated carbocycles. The van der Waals surface area contributed by atoms with Crippen LogP contribution in [-0.4, -0.2) is 37.1 Å². The summed E-state index contributed by atoms with van der Waals surface area (Å²) < 4.78 is 5.24. The van der Waals surface area contributed by atoms with Gasteiger partial charge in [-0.05, 0) is 37.0 Å². The number of benzene rings is 1. The molecule has 1 aliphatic heterocycles. The summed E-state index contributed by atoms with van der Waals surface area (Å²) in [5.74, 6) is 0.263. The van der Waals surface area contributed by atoms with E-state index in [-0.39, 0.29) is 5.91 Å². The van der Waals surface area contributed by atoms with Crippen LogP contribution in [-0.2, 0) is 16.0 Å². The molecule has 0 bridgehead atoms. The second-order valence-corrected chi connectivity index (χ2v) is 5.26. The fourth-order valence-corrected chi connectivity index (χ4v) is 2.35. The van der Waals surface area contributed by atoms with Crippen LogP contribution in [0.5, 0.6) is 0 Å². The fourth-order valence-electron chi connectivity index (χ4n) is 2.23. The lowest BCUT2D eigenvalue weighted by Crippen LogP contribution is -2.40. The van der Waals surface area contributed by atoms with Gasteiger partial charge in [-0.25, -0.2) is 0 Å². The molecule has 19 heavy (non-hydrogen) atoms. The molecule has 0 spiro atoms. The summed E-state index contributed by atoms with van der Waals surface area (Å²) in [5, 5.41) is 0.770. The van der Waals surface area contributed by atoms with E-state index in [0.717, 1.165) is 37.4 Å². The smallest absolute Gasteiger partial charge is 0.222 e. The minimum atomic E-state index is 0.263. The van der Waals surface area contributed by atoms with Gasteiger partial charge in [-0.15, -0.1) is 0 Å². The number of halogens is 1. The van der Waals surface area contributed by atoms with Crippen LogP contribution in [0, 0.1) is 0 Å². The summed E-state index contributed by atoms with van der Waals surface area (Å²) in [4.78, 5) is 13.8. The van der Waals surface area contributed by atoms with Gasteiger partial charge in [0.25, 0.3) is 0 Å². The van der Waals surface area contributed by atoms with Crippen LogP contribution >= 0.6 is 11.6 Å². The summed E-state index contributed by atoms with van der Waals surface area (Å²) in [6, 6.07) is 7.92. The Morgan fingerprint density at radius 2 is 1.84 bits per heavy atom. The minimum Gasteiger partial charge on any atom is -0.378 e. The van der Waals surface area contributed by atoms with E-state index >= 15 is 0 Å². The predicted octanol–water partition coefficient (Wildman–Crippen LogP) is 2.91. The maximum absolute atomic E-state index is 11.9. The largest absolute Gasteiger partial charge is 0.378 e. The molecule has 4 heteroatoms. The Bertz CT molecular complexity index is 399. The van der Waals surface area contributed by atoms with Gasteiger partial charge in [0, 0.05) is 24.5 Å². The third-order valence-electron chi connectivity index (χ3n) is 3.38. The highest BCUT2D eigenvalue weighted by atomic mass is 35.5. The first-order valence-electron chi connectivity index (χ1n) is 6.85. The van der Waals surface area contributed by atoms with E-state index in [1.165, 1.54) is 5.56 Å². The van der Waals surface area contributed by atoms with Crippen molar-refractivity contribution in [3.63, 3.8) is 0 Å². The zero-order chi connectivity index (χ0) is 13.5. The maximum atomic E-state index is 11.9. The van der Waals surface area contributed by atoms with Crippen molar-refractivity contribution < 1.29 is 9.53 Å². The molecule has 0 N–H and O–H groups in total. The van der Waals surface area contributed by atoms with Gasteiger partial charge in [0.1, 0.15) is 0 Å². The topological polar surface area (TPSA) is 29.5 Å². The lowest BCUT2D eigenvalue weighted by Gasteiger charge is -2.26. The van der Waals surface area contributed by atoms with E-state index in [2.05, 4.69) is 0 Å². The number of ether oxygens (including phenoxy) is 1. The molecular formula is C15H20ClNO2. The second-order valence-electron chi connectivity index (χ2n) is 4.83. The number of nitrogens with zero attached hydrogens (tertiary/aromatic N) is 1. The first kappa shape index (κ1) is 14.4. The highest BCUT2D eigenvalue weighted by Crippen LogP contribution is 2.12. The summed E-state index contributed by atoms with van der Waals surface area (Å²) in [6.45, 7) is 2.85. The molecule has 1 saturated heterocycles. The molecular weight excluding hydrogens is 262 g/mol. The van der Waals surface area contributed by atoms with Crippen LogP contribution in [0.1, 0.15) is 24.8 Å². The second kappa shape index (κ2) is 7.51. The number of hydrogen-bond acceptors (Lipinski definition) is 2. The molecule has 0 aromatic heterocycles. The SMILES string of the molecule is O=C(CCCCc1ccc(Cl)cc1)N1CCOCC1. The standard InChI is InChI=1S/C15H20ClNO2/c16-14-7-5-13(6-8-14)3-1-2-4-15(18)17-9-11-19-12-10-17/h5-8H,1-4,9-12H2. The average Bonchev–Trinajstić information content (AvgIpc) is 2.46. The van der Waals surface area contributed by atoms with Crippen molar-refractivity contribution in [1.82, 2.24) is 4.90 Å². The summed E-state index contributed by atoms with van der Waals surface area (Å²) >= 11 is 5.84.